The molecule has 0 unspecified atom stereocenters. The van der Waals surface area contributed by atoms with Crippen LogP contribution in [0.2, 0.25) is 0 Å². The minimum Gasteiger partial charge on any atom is -0.463 e. The molecule has 0 aliphatic rings. The van der Waals surface area contributed by atoms with Crippen LogP contribution in [-0.4, -0.2) is 64.6 Å². The van der Waals surface area contributed by atoms with Crippen molar-refractivity contribution >= 4 is 18.2 Å². The van der Waals surface area contributed by atoms with E-state index in [1.165, 1.54) is 0 Å². The molecule has 0 amide bonds. The molecule has 8 nitrogen and oxygen atoms in total. The van der Waals surface area contributed by atoms with Crippen LogP contribution in [0, 0.1) is 0 Å². The smallest absolute Gasteiger partial charge is 0.303 e. The fraction of sp³-hybridized carbons (Fsp3) is 0.700. The second-order valence-corrected chi connectivity index (χ2v) is 3.56. The van der Waals surface area contributed by atoms with Gasteiger partial charge in [-0.1, -0.05) is 0 Å². The van der Waals surface area contributed by atoms with Gasteiger partial charge in [-0.3, -0.25) is 9.59 Å². The Labute approximate surface area is 103 Å². The predicted molar refractivity (Wildman–Crippen MR) is 56.3 cm³/mol. The highest BCUT2D eigenvalue weighted by atomic mass is 16.6. The molecule has 0 saturated heterocycles. The van der Waals surface area contributed by atoms with Crippen LogP contribution in [0.15, 0.2) is 0 Å². The minimum absolute atomic E-state index is 0.0275. The van der Waals surface area contributed by atoms with E-state index >= 15 is 0 Å². The summed E-state index contributed by atoms with van der Waals surface area (Å²) in [5.41, 5.74) is 0. The number of aliphatic hydroxyl groups is 3. The Morgan fingerprint density at radius 3 is 2.11 bits per heavy atom. The Bertz CT molecular complexity index is 302. The number of ether oxygens (including phenoxy) is 2. The number of hydrogen-bond donors (Lipinski definition) is 3. The molecule has 4 atom stereocenters. The molecule has 0 saturated carbocycles. The van der Waals surface area contributed by atoms with Crippen molar-refractivity contribution in [2.45, 2.75) is 38.3 Å². The van der Waals surface area contributed by atoms with Crippen LogP contribution in [-0.2, 0) is 23.9 Å². The standard InChI is InChI=1S/C10H16O8/c1-5(12)17-4-8(15)10(18-6(2)13)9(16)7(14)3-11/h3,7-10,14-16H,4H2,1-2H3/t7-,8+,9+,10+/m0/s1. The molecule has 0 radical (unpaired) electrons. The van der Waals surface area contributed by atoms with Crippen molar-refractivity contribution in [3.8, 4) is 0 Å². The van der Waals surface area contributed by atoms with Crippen LogP contribution >= 0.6 is 0 Å². The number of aldehydes is 1. The molecule has 0 heterocycles. The van der Waals surface area contributed by atoms with E-state index in [-0.39, 0.29) is 6.29 Å². The Morgan fingerprint density at radius 2 is 1.72 bits per heavy atom. The molecule has 0 rings (SSSR count). The second kappa shape index (κ2) is 7.75. The molecule has 0 aromatic heterocycles. The molecule has 104 valence electrons. The molecule has 0 bridgehead atoms. The van der Waals surface area contributed by atoms with E-state index in [0.29, 0.717) is 0 Å². The lowest BCUT2D eigenvalue weighted by Crippen LogP contribution is -2.49. The minimum atomic E-state index is -1.83. The summed E-state index contributed by atoms with van der Waals surface area (Å²) in [6.45, 7) is 1.58. The monoisotopic (exact) mass is 264 g/mol. The first-order valence-corrected chi connectivity index (χ1v) is 5.09. The maximum absolute atomic E-state index is 10.8. The molecule has 0 aromatic rings. The van der Waals surface area contributed by atoms with Gasteiger partial charge in [-0.05, 0) is 0 Å². The van der Waals surface area contributed by atoms with Gasteiger partial charge >= 0.3 is 11.9 Å². The molecule has 3 N–H and O–H groups in total. The lowest BCUT2D eigenvalue weighted by Gasteiger charge is -2.27. The van der Waals surface area contributed by atoms with Crippen molar-refractivity contribution in [2.24, 2.45) is 0 Å². The maximum atomic E-state index is 10.8. The van der Waals surface area contributed by atoms with Crippen LogP contribution in [0.25, 0.3) is 0 Å². The Balaban J connectivity index is 4.69. The van der Waals surface area contributed by atoms with Gasteiger partial charge in [-0.15, -0.1) is 0 Å². The summed E-state index contributed by atoms with van der Waals surface area (Å²) < 4.78 is 9.05. The van der Waals surface area contributed by atoms with Crippen molar-refractivity contribution < 1.29 is 39.2 Å². The molecule has 0 aromatic carbocycles. The highest BCUT2D eigenvalue weighted by molar-refractivity contribution is 5.67. The van der Waals surface area contributed by atoms with Gasteiger partial charge in [-0.25, -0.2) is 0 Å². The van der Waals surface area contributed by atoms with E-state index in [0.717, 1.165) is 13.8 Å². The van der Waals surface area contributed by atoms with E-state index in [1.807, 2.05) is 0 Å². The summed E-state index contributed by atoms with van der Waals surface area (Å²) >= 11 is 0. The van der Waals surface area contributed by atoms with Gasteiger partial charge in [0, 0.05) is 13.8 Å². The predicted octanol–water partition coefficient (Wildman–Crippen LogP) is -2.24. The first-order chi connectivity index (χ1) is 8.29. The van der Waals surface area contributed by atoms with Crippen molar-refractivity contribution in [3.05, 3.63) is 0 Å². The van der Waals surface area contributed by atoms with Gasteiger partial charge in [0.15, 0.2) is 12.4 Å². The number of hydrogen-bond acceptors (Lipinski definition) is 8. The summed E-state index contributed by atoms with van der Waals surface area (Å²) in [5.74, 6) is -1.51. The van der Waals surface area contributed by atoms with Gasteiger partial charge in [0.25, 0.3) is 0 Å². The Kier molecular flexibility index (Phi) is 7.10. The first kappa shape index (κ1) is 16.5. The van der Waals surface area contributed by atoms with Crippen molar-refractivity contribution in [3.63, 3.8) is 0 Å². The van der Waals surface area contributed by atoms with Crippen molar-refractivity contribution in [1.82, 2.24) is 0 Å². The summed E-state index contributed by atoms with van der Waals surface area (Å²) in [6, 6.07) is 0. The van der Waals surface area contributed by atoms with E-state index in [4.69, 9.17) is 5.11 Å². The largest absolute Gasteiger partial charge is 0.463 e. The zero-order chi connectivity index (χ0) is 14.3. The van der Waals surface area contributed by atoms with Crippen molar-refractivity contribution in [1.29, 1.82) is 0 Å². The van der Waals surface area contributed by atoms with Crippen LogP contribution in [0.5, 0.6) is 0 Å². The Morgan fingerprint density at radius 1 is 1.17 bits per heavy atom. The fourth-order valence-corrected chi connectivity index (χ4v) is 1.14. The summed E-state index contributed by atoms with van der Waals surface area (Å²) in [6.07, 6.45) is -6.78. The van der Waals surface area contributed by atoms with E-state index in [9.17, 15) is 24.6 Å². The molecule has 0 aliphatic carbocycles. The lowest BCUT2D eigenvalue weighted by molar-refractivity contribution is -0.176. The molecule has 0 aliphatic heterocycles. The molecular formula is C10H16O8. The van der Waals surface area contributed by atoms with Gasteiger partial charge in [-0.2, -0.15) is 0 Å². The zero-order valence-electron chi connectivity index (χ0n) is 9.98. The average Bonchev–Trinajstić information content (AvgIpc) is 2.30. The number of aliphatic hydroxyl groups excluding tert-OH is 3. The SMILES string of the molecule is CC(=O)OC[C@@H](O)[C@@H](OC(C)=O)[C@H](O)[C@@H](O)C=O. The van der Waals surface area contributed by atoms with Crippen molar-refractivity contribution in [2.75, 3.05) is 6.61 Å². The van der Waals surface area contributed by atoms with E-state index in [1.54, 1.807) is 0 Å². The fourth-order valence-electron chi connectivity index (χ4n) is 1.14. The van der Waals surface area contributed by atoms with Crippen LogP contribution in [0.4, 0.5) is 0 Å². The summed E-state index contributed by atoms with van der Waals surface area (Å²) in [5, 5.41) is 28.2. The second-order valence-electron chi connectivity index (χ2n) is 3.56. The summed E-state index contributed by atoms with van der Waals surface area (Å²) in [7, 11) is 0. The number of carbonyl (C=O) groups excluding carboxylic acids is 3. The highest BCUT2D eigenvalue weighted by Gasteiger charge is 2.35. The molecule has 0 fully saturated rings. The van der Waals surface area contributed by atoms with Gasteiger partial charge in [0.1, 0.15) is 24.9 Å². The number of esters is 2. The molecule has 18 heavy (non-hydrogen) atoms. The van der Waals surface area contributed by atoms with E-state index < -0.39 is 43.0 Å². The van der Waals surface area contributed by atoms with E-state index in [2.05, 4.69) is 9.47 Å². The number of carbonyl (C=O) groups is 3. The average molecular weight is 264 g/mol. The van der Waals surface area contributed by atoms with Crippen LogP contribution in [0.1, 0.15) is 13.8 Å². The third kappa shape index (κ3) is 5.71. The van der Waals surface area contributed by atoms with Crippen LogP contribution < -0.4 is 0 Å². The van der Waals surface area contributed by atoms with Gasteiger partial charge < -0.3 is 29.6 Å². The van der Waals surface area contributed by atoms with Crippen LogP contribution in [0.3, 0.4) is 0 Å². The Hall–Kier alpha value is -1.51. The maximum Gasteiger partial charge on any atom is 0.303 e. The molecule has 8 heteroatoms. The molecular weight excluding hydrogens is 248 g/mol. The van der Waals surface area contributed by atoms with Gasteiger partial charge in [0.05, 0.1) is 0 Å². The topological polar surface area (TPSA) is 130 Å². The highest BCUT2D eigenvalue weighted by Crippen LogP contribution is 2.10. The zero-order valence-corrected chi connectivity index (χ0v) is 9.98. The molecule has 0 spiro atoms. The summed E-state index contributed by atoms with van der Waals surface area (Å²) in [4.78, 5) is 31.6. The quantitative estimate of drug-likeness (QED) is 0.347. The third-order valence-electron chi connectivity index (χ3n) is 1.96. The first-order valence-electron chi connectivity index (χ1n) is 5.09. The third-order valence-corrected chi connectivity index (χ3v) is 1.96. The van der Waals surface area contributed by atoms with Gasteiger partial charge in [0.2, 0.25) is 0 Å². The lowest BCUT2D eigenvalue weighted by atomic mass is 10.0. The number of rotatable bonds is 7. The normalized spacial score (nSPS) is 17.2.